The van der Waals surface area contributed by atoms with E-state index >= 15 is 0 Å². The quantitative estimate of drug-likeness (QED) is 0.635. The van der Waals surface area contributed by atoms with Gasteiger partial charge in [-0.3, -0.25) is 9.36 Å². The maximum atomic E-state index is 12.7. The van der Waals surface area contributed by atoms with Gasteiger partial charge in [0.15, 0.2) is 0 Å². The number of aryl methyl sites for hydroxylation is 1. The molecular weight excluding hydrogens is 378 g/mol. The molecule has 1 aromatic carbocycles. The van der Waals surface area contributed by atoms with Gasteiger partial charge in [-0.1, -0.05) is 18.2 Å². The summed E-state index contributed by atoms with van der Waals surface area (Å²) in [6.45, 7) is 2.08. The van der Waals surface area contributed by atoms with Gasteiger partial charge >= 0.3 is 0 Å². The molecule has 2 aromatic heterocycles. The summed E-state index contributed by atoms with van der Waals surface area (Å²) in [5.41, 5.74) is 0.387. The summed E-state index contributed by atoms with van der Waals surface area (Å²) < 4.78 is 28.3. The zero-order valence-electron chi connectivity index (χ0n) is 15.3. The van der Waals surface area contributed by atoms with Crippen molar-refractivity contribution in [1.29, 1.82) is 0 Å². The highest BCUT2D eigenvalue weighted by atomic mass is 32.2. The molecule has 4 rings (SSSR count). The molecule has 0 bridgehead atoms. The fourth-order valence-corrected chi connectivity index (χ4v) is 4.75. The van der Waals surface area contributed by atoms with E-state index in [-0.39, 0.29) is 17.9 Å². The smallest absolute Gasteiger partial charge is 0.261 e. The van der Waals surface area contributed by atoms with Crippen LogP contribution in [0.3, 0.4) is 0 Å². The van der Waals surface area contributed by atoms with Crippen LogP contribution in [0.15, 0.2) is 59.8 Å². The molecule has 8 nitrogen and oxygen atoms in total. The van der Waals surface area contributed by atoms with Crippen molar-refractivity contribution < 1.29 is 8.42 Å². The van der Waals surface area contributed by atoms with Gasteiger partial charge in [0, 0.05) is 38.9 Å². The molecule has 1 saturated heterocycles. The Morgan fingerprint density at radius 2 is 1.68 bits per heavy atom. The lowest BCUT2D eigenvalue weighted by Gasteiger charge is -2.34. The van der Waals surface area contributed by atoms with E-state index in [2.05, 4.69) is 14.9 Å². The zero-order chi connectivity index (χ0) is 19.6. The molecule has 0 unspecified atom stereocenters. The lowest BCUT2D eigenvalue weighted by atomic mass is 10.2. The zero-order valence-corrected chi connectivity index (χ0v) is 16.1. The monoisotopic (exact) mass is 399 g/mol. The van der Waals surface area contributed by atoms with Crippen LogP contribution in [0.5, 0.6) is 0 Å². The van der Waals surface area contributed by atoms with Crippen LogP contribution in [0.25, 0.3) is 10.9 Å². The number of para-hydroxylation sites is 1. The van der Waals surface area contributed by atoms with Crippen molar-refractivity contribution in [3.05, 3.63) is 65.3 Å². The SMILES string of the molecule is O=c1c2ccccc2ncn1CCS(=O)(=O)N1CCN(c2ccccn2)CC1. The van der Waals surface area contributed by atoms with E-state index in [4.69, 9.17) is 0 Å². The maximum absolute atomic E-state index is 12.7. The number of aromatic nitrogens is 3. The number of sulfonamides is 1. The summed E-state index contributed by atoms with van der Waals surface area (Å²) in [6.07, 6.45) is 3.15. The van der Waals surface area contributed by atoms with Crippen LogP contribution in [0.4, 0.5) is 5.82 Å². The topological polar surface area (TPSA) is 88.4 Å². The number of anilines is 1. The number of pyridine rings is 1. The Morgan fingerprint density at radius 1 is 0.929 bits per heavy atom. The first kappa shape index (κ1) is 18.6. The standard InChI is InChI=1S/C19H21N5O3S/c25-19-16-5-1-2-6-17(16)21-15-23(19)13-14-28(26,27)24-11-9-22(10-12-24)18-7-3-4-8-20-18/h1-8,15H,9-14H2. The van der Waals surface area contributed by atoms with Gasteiger partial charge in [0.25, 0.3) is 5.56 Å². The summed E-state index contributed by atoms with van der Waals surface area (Å²) in [5, 5.41) is 0.492. The molecule has 0 atom stereocenters. The third-order valence-electron chi connectivity index (χ3n) is 4.93. The summed E-state index contributed by atoms with van der Waals surface area (Å²) in [5.74, 6) is 0.726. The van der Waals surface area contributed by atoms with Gasteiger partial charge < -0.3 is 4.90 Å². The van der Waals surface area contributed by atoms with Gasteiger partial charge in [-0.05, 0) is 24.3 Å². The predicted octanol–water partition coefficient (Wildman–Crippen LogP) is 0.943. The normalized spacial score (nSPS) is 15.8. The second-order valence-corrected chi connectivity index (χ2v) is 8.74. The second-order valence-electron chi connectivity index (χ2n) is 6.65. The van der Waals surface area contributed by atoms with E-state index in [1.54, 1.807) is 24.4 Å². The number of fused-ring (bicyclic) bond motifs is 1. The van der Waals surface area contributed by atoms with Gasteiger partial charge in [-0.2, -0.15) is 4.31 Å². The molecule has 3 heterocycles. The lowest BCUT2D eigenvalue weighted by Crippen LogP contribution is -2.50. The minimum atomic E-state index is -3.46. The third-order valence-corrected chi connectivity index (χ3v) is 6.78. The van der Waals surface area contributed by atoms with Crippen LogP contribution in [-0.2, 0) is 16.6 Å². The minimum Gasteiger partial charge on any atom is -0.354 e. The maximum Gasteiger partial charge on any atom is 0.261 e. The summed E-state index contributed by atoms with van der Waals surface area (Å²) in [7, 11) is -3.46. The molecule has 0 N–H and O–H groups in total. The number of nitrogens with zero attached hydrogens (tertiary/aromatic N) is 5. The molecular formula is C19H21N5O3S. The van der Waals surface area contributed by atoms with Crippen LogP contribution in [0.1, 0.15) is 0 Å². The number of piperazine rings is 1. The highest BCUT2D eigenvalue weighted by molar-refractivity contribution is 7.89. The third kappa shape index (κ3) is 3.76. The summed E-state index contributed by atoms with van der Waals surface area (Å²) in [6, 6.07) is 12.7. The van der Waals surface area contributed by atoms with E-state index in [9.17, 15) is 13.2 Å². The largest absolute Gasteiger partial charge is 0.354 e. The summed E-state index contributed by atoms with van der Waals surface area (Å²) in [4.78, 5) is 23.1. The fourth-order valence-electron chi connectivity index (χ4n) is 3.34. The second kappa shape index (κ2) is 7.69. The van der Waals surface area contributed by atoms with Crippen molar-refractivity contribution in [3.63, 3.8) is 0 Å². The van der Waals surface area contributed by atoms with E-state index in [1.807, 2.05) is 24.3 Å². The Hall–Kier alpha value is -2.78. The molecule has 0 radical (unpaired) electrons. The molecule has 1 fully saturated rings. The van der Waals surface area contributed by atoms with Gasteiger partial charge in [0.2, 0.25) is 10.0 Å². The first-order valence-electron chi connectivity index (χ1n) is 9.12. The molecule has 28 heavy (non-hydrogen) atoms. The first-order valence-corrected chi connectivity index (χ1v) is 10.7. The highest BCUT2D eigenvalue weighted by Crippen LogP contribution is 2.15. The predicted molar refractivity (Wildman–Crippen MR) is 108 cm³/mol. The Kier molecular flexibility index (Phi) is 5.10. The molecule has 1 aliphatic rings. The number of hydrogen-bond donors (Lipinski definition) is 0. The molecule has 0 spiro atoms. The van der Waals surface area contributed by atoms with E-state index < -0.39 is 10.0 Å². The summed E-state index contributed by atoms with van der Waals surface area (Å²) >= 11 is 0. The van der Waals surface area contributed by atoms with Crippen molar-refractivity contribution in [1.82, 2.24) is 18.8 Å². The van der Waals surface area contributed by atoms with Crippen LogP contribution >= 0.6 is 0 Å². The number of hydrogen-bond acceptors (Lipinski definition) is 6. The van der Waals surface area contributed by atoms with Crippen LogP contribution < -0.4 is 10.5 Å². The minimum absolute atomic E-state index is 0.0828. The Balaban J connectivity index is 1.41. The molecule has 1 aliphatic heterocycles. The molecule has 3 aromatic rings. The molecule has 146 valence electrons. The molecule has 0 aliphatic carbocycles. The van der Waals surface area contributed by atoms with E-state index in [1.165, 1.54) is 15.2 Å². The average molecular weight is 399 g/mol. The van der Waals surface area contributed by atoms with Crippen LogP contribution in [0.2, 0.25) is 0 Å². The molecule has 9 heteroatoms. The lowest BCUT2D eigenvalue weighted by molar-refractivity contribution is 0.382. The van der Waals surface area contributed by atoms with Crippen LogP contribution in [-0.4, -0.2) is 59.2 Å². The van der Waals surface area contributed by atoms with Crippen molar-refractivity contribution in [3.8, 4) is 0 Å². The van der Waals surface area contributed by atoms with Crippen molar-refractivity contribution in [2.45, 2.75) is 6.54 Å². The number of rotatable bonds is 5. The van der Waals surface area contributed by atoms with Gasteiger partial charge in [0.1, 0.15) is 5.82 Å². The van der Waals surface area contributed by atoms with Crippen molar-refractivity contribution >= 4 is 26.7 Å². The van der Waals surface area contributed by atoms with Gasteiger partial charge in [-0.25, -0.2) is 18.4 Å². The Morgan fingerprint density at radius 3 is 2.43 bits per heavy atom. The van der Waals surface area contributed by atoms with E-state index in [0.717, 1.165) is 5.82 Å². The van der Waals surface area contributed by atoms with Crippen LogP contribution in [0, 0.1) is 0 Å². The van der Waals surface area contributed by atoms with Gasteiger partial charge in [0.05, 0.1) is 23.0 Å². The number of benzene rings is 1. The van der Waals surface area contributed by atoms with Crippen molar-refractivity contribution in [2.24, 2.45) is 0 Å². The Labute approximate surface area is 163 Å². The molecule has 0 saturated carbocycles. The van der Waals surface area contributed by atoms with Gasteiger partial charge in [-0.15, -0.1) is 0 Å². The van der Waals surface area contributed by atoms with E-state index in [0.29, 0.717) is 37.1 Å². The first-order chi connectivity index (χ1) is 13.5. The van der Waals surface area contributed by atoms with Crippen molar-refractivity contribution in [2.75, 3.05) is 36.8 Å². The fraction of sp³-hybridized carbons (Fsp3) is 0.316. The molecule has 0 amide bonds. The average Bonchev–Trinajstić information content (AvgIpc) is 2.74. The highest BCUT2D eigenvalue weighted by Gasteiger charge is 2.27. The Bertz CT molecular complexity index is 1120.